The van der Waals surface area contributed by atoms with Crippen LogP contribution in [0.1, 0.15) is 6.92 Å². The Hall–Kier alpha value is -2.32. The first-order valence-electron chi connectivity index (χ1n) is 7.53. The van der Waals surface area contributed by atoms with Crippen LogP contribution in [0.2, 0.25) is 5.02 Å². The molecule has 0 spiro atoms. The molecule has 0 bridgehead atoms. The molecule has 0 unspecified atom stereocenters. The molecule has 0 aliphatic rings. The molecule has 0 saturated carbocycles. The highest BCUT2D eigenvalue weighted by Gasteiger charge is 2.29. The number of hydrogen-bond donors (Lipinski definition) is 1. The van der Waals surface area contributed by atoms with Crippen molar-refractivity contribution in [3.8, 4) is 5.75 Å². The number of hydrogen-bond acceptors (Lipinski definition) is 4. The summed E-state index contributed by atoms with van der Waals surface area (Å²) in [6.45, 7) is 1.45. The van der Waals surface area contributed by atoms with Crippen molar-refractivity contribution in [1.29, 1.82) is 0 Å². The van der Waals surface area contributed by atoms with Crippen LogP contribution in [0.5, 0.6) is 5.75 Å². The van der Waals surface area contributed by atoms with E-state index in [0.717, 1.165) is 16.6 Å². The maximum atomic E-state index is 13.2. The molecule has 0 aromatic heterocycles. The molecule has 0 radical (unpaired) electrons. The number of carbonyl (C=O) groups excluding carboxylic acids is 1. The van der Waals surface area contributed by atoms with Gasteiger partial charge in [-0.1, -0.05) is 17.7 Å². The van der Waals surface area contributed by atoms with Gasteiger partial charge in [0.05, 0.1) is 24.1 Å². The van der Waals surface area contributed by atoms with Crippen molar-refractivity contribution in [2.45, 2.75) is 13.0 Å². The van der Waals surface area contributed by atoms with Crippen molar-refractivity contribution in [1.82, 2.24) is 0 Å². The molecule has 0 aliphatic carbocycles. The number of benzene rings is 2. The van der Waals surface area contributed by atoms with E-state index in [0.29, 0.717) is 5.75 Å². The lowest BCUT2D eigenvalue weighted by Crippen LogP contribution is -2.45. The second-order valence-electron chi connectivity index (χ2n) is 5.55. The maximum absolute atomic E-state index is 13.2. The molecular weight excluding hydrogens is 383 g/mol. The third-order valence-electron chi connectivity index (χ3n) is 3.58. The summed E-state index contributed by atoms with van der Waals surface area (Å²) in [6.07, 6.45) is 1.00. The van der Waals surface area contributed by atoms with Crippen molar-refractivity contribution in [2.24, 2.45) is 0 Å². The SMILES string of the molecule is COc1cccc(N([C@H](C)C(=O)Nc2ccc(F)c(Cl)c2)S(C)(=O)=O)c1. The van der Waals surface area contributed by atoms with Gasteiger partial charge in [0.1, 0.15) is 17.6 Å². The Kier molecular flexibility index (Phi) is 6.09. The molecule has 0 heterocycles. The first-order chi connectivity index (χ1) is 12.1. The number of rotatable bonds is 6. The van der Waals surface area contributed by atoms with E-state index in [4.69, 9.17) is 16.3 Å². The number of anilines is 2. The fraction of sp³-hybridized carbons (Fsp3) is 0.235. The van der Waals surface area contributed by atoms with Gasteiger partial charge in [-0.25, -0.2) is 12.8 Å². The summed E-state index contributed by atoms with van der Waals surface area (Å²) in [7, 11) is -2.31. The molecule has 0 fully saturated rings. The van der Waals surface area contributed by atoms with E-state index in [1.54, 1.807) is 18.2 Å². The molecule has 1 amide bonds. The third kappa shape index (κ3) is 4.64. The number of amides is 1. The highest BCUT2D eigenvalue weighted by Crippen LogP contribution is 2.26. The summed E-state index contributed by atoms with van der Waals surface area (Å²) in [5, 5.41) is 2.38. The summed E-state index contributed by atoms with van der Waals surface area (Å²) in [6, 6.07) is 8.98. The number of nitrogens with zero attached hydrogens (tertiary/aromatic N) is 1. The van der Waals surface area contributed by atoms with E-state index < -0.39 is 27.8 Å². The van der Waals surface area contributed by atoms with Crippen molar-refractivity contribution in [3.63, 3.8) is 0 Å². The molecular formula is C17H18ClFN2O4S. The molecule has 2 aromatic carbocycles. The van der Waals surface area contributed by atoms with Crippen molar-refractivity contribution in [2.75, 3.05) is 23.0 Å². The summed E-state index contributed by atoms with van der Waals surface area (Å²) in [5.74, 6) is -0.762. The monoisotopic (exact) mass is 400 g/mol. The van der Waals surface area contributed by atoms with Crippen molar-refractivity contribution in [3.05, 3.63) is 53.3 Å². The lowest BCUT2D eigenvalue weighted by Gasteiger charge is -2.28. The van der Waals surface area contributed by atoms with Crippen molar-refractivity contribution < 1.29 is 22.3 Å². The molecule has 2 aromatic rings. The van der Waals surface area contributed by atoms with Crippen LogP contribution >= 0.6 is 11.6 Å². The van der Waals surface area contributed by atoms with E-state index >= 15 is 0 Å². The van der Waals surface area contributed by atoms with Crippen molar-refractivity contribution >= 4 is 38.9 Å². The predicted molar refractivity (Wildman–Crippen MR) is 99.8 cm³/mol. The smallest absolute Gasteiger partial charge is 0.247 e. The van der Waals surface area contributed by atoms with E-state index in [-0.39, 0.29) is 16.4 Å². The maximum Gasteiger partial charge on any atom is 0.247 e. The number of nitrogens with one attached hydrogen (secondary N) is 1. The van der Waals surface area contributed by atoms with Gasteiger partial charge in [0.2, 0.25) is 15.9 Å². The van der Waals surface area contributed by atoms with Crippen LogP contribution in [0.3, 0.4) is 0 Å². The Morgan fingerprint density at radius 2 is 1.96 bits per heavy atom. The quantitative estimate of drug-likeness (QED) is 0.807. The topological polar surface area (TPSA) is 75.7 Å². The Balaban J connectivity index is 2.32. The van der Waals surface area contributed by atoms with Gasteiger partial charge in [-0.15, -0.1) is 0 Å². The summed E-state index contributed by atoms with van der Waals surface area (Å²) in [5.41, 5.74) is 0.541. The second kappa shape index (κ2) is 7.92. The van der Waals surface area contributed by atoms with Crippen LogP contribution in [0.25, 0.3) is 0 Å². The highest BCUT2D eigenvalue weighted by atomic mass is 35.5. The predicted octanol–water partition coefficient (Wildman–Crippen LogP) is 3.28. The second-order valence-corrected chi connectivity index (χ2v) is 7.82. The van der Waals surface area contributed by atoms with Gasteiger partial charge in [-0.2, -0.15) is 0 Å². The molecule has 1 atom stereocenters. The largest absolute Gasteiger partial charge is 0.497 e. The fourth-order valence-corrected chi connectivity index (χ4v) is 3.72. The fourth-order valence-electron chi connectivity index (χ4n) is 2.38. The first kappa shape index (κ1) is 20.0. The number of carbonyl (C=O) groups is 1. The minimum Gasteiger partial charge on any atom is -0.497 e. The average molecular weight is 401 g/mol. The van der Waals surface area contributed by atoms with Gasteiger partial charge in [-0.3, -0.25) is 9.10 Å². The standard InChI is InChI=1S/C17H18ClFN2O4S/c1-11(17(22)20-12-7-8-16(19)15(18)9-12)21(26(3,23)24)13-5-4-6-14(10-13)25-2/h4-11H,1-3H3,(H,20,22)/t11-/m1/s1. The van der Waals surface area contributed by atoms with Gasteiger partial charge < -0.3 is 10.1 Å². The molecule has 9 heteroatoms. The van der Waals surface area contributed by atoms with Crippen LogP contribution in [0, 0.1) is 5.82 Å². The normalized spacial score (nSPS) is 12.3. The number of halogens is 2. The Labute approximate surface area is 156 Å². The Morgan fingerprint density at radius 3 is 2.54 bits per heavy atom. The molecule has 6 nitrogen and oxygen atoms in total. The van der Waals surface area contributed by atoms with Gasteiger partial charge >= 0.3 is 0 Å². The van der Waals surface area contributed by atoms with Crippen LogP contribution in [-0.4, -0.2) is 33.7 Å². The molecule has 0 saturated heterocycles. The number of methoxy groups -OCH3 is 1. The molecule has 1 N–H and O–H groups in total. The molecule has 140 valence electrons. The summed E-state index contributed by atoms with van der Waals surface area (Å²) >= 11 is 5.69. The van der Waals surface area contributed by atoms with Crippen LogP contribution in [0.4, 0.5) is 15.8 Å². The lowest BCUT2D eigenvalue weighted by atomic mass is 10.2. The minimum atomic E-state index is -3.76. The van der Waals surface area contributed by atoms with Crippen LogP contribution in [0.15, 0.2) is 42.5 Å². The van der Waals surface area contributed by atoms with Gasteiger partial charge in [0.25, 0.3) is 0 Å². The Morgan fingerprint density at radius 1 is 1.27 bits per heavy atom. The highest BCUT2D eigenvalue weighted by molar-refractivity contribution is 7.92. The summed E-state index contributed by atoms with van der Waals surface area (Å²) < 4.78 is 43.8. The lowest BCUT2D eigenvalue weighted by molar-refractivity contribution is -0.116. The zero-order valence-corrected chi connectivity index (χ0v) is 15.9. The van der Waals surface area contributed by atoms with E-state index in [2.05, 4.69) is 5.32 Å². The Bertz CT molecular complexity index is 921. The number of ether oxygens (including phenoxy) is 1. The van der Waals surface area contributed by atoms with E-state index in [1.165, 1.54) is 32.2 Å². The minimum absolute atomic E-state index is 0.150. The molecule has 26 heavy (non-hydrogen) atoms. The summed E-state index contributed by atoms with van der Waals surface area (Å²) in [4.78, 5) is 12.5. The van der Waals surface area contributed by atoms with E-state index in [1.807, 2.05) is 0 Å². The first-order valence-corrected chi connectivity index (χ1v) is 9.75. The molecule has 0 aliphatic heterocycles. The number of sulfonamides is 1. The average Bonchev–Trinajstić information content (AvgIpc) is 2.57. The van der Waals surface area contributed by atoms with Gasteiger partial charge in [0, 0.05) is 11.8 Å². The molecule has 2 rings (SSSR count). The third-order valence-corrected chi connectivity index (χ3v) is 5.11. The zero-order chi connectivity index (χ0) is 19.5. The van der Waals surface area contributed by atoms with Crippen LogP contribution in [-0.2, 0) is 14.8 Å². The van der Waals surface area contributed by atoms with Crippen LogP contribution < -0.4 is 14.4 Å². The van der Waals surface area contributed by atoms with E-state index in [9.17, 15) is 17.6 Å². The zero-order valence-electron chi connectivity index (χ0n) is 14.4. The van der Waals surface area contributed by atoms with Gasteiger partial charge in [0.15, 0.2) is 0 Å². The van der Waals surface area contributed by atoms with Gasteiger partial charge in [-0.05, 0) is 37.3 Å².